The smallest absolute Gasteiger partial charge is 0.0462 e. The van der Waals surface area contributed by atoms with Crippen molar-refractivity contribution in [2.24, 2.45) is 0 Å². The highest BCUT2D eigenvalue weighted by molar-refractivity contribution is 4.70. The van der Waals surface area contributed by atoms with Gasteiger partial charge in [-0.25, -0.2) is 0 Å². The van der Waals surface area contributed by atoms with Gasteiger partial charge in [-0.15, -0.1) is 0 Å². The van der Waals surface area contributed by atoms with Crippen molar-refractivity contribution >= 4 is 0 Å². The molecule has 0 atom stereocenters. The van der Waals surface area contributed by atoms with Gasteiger partial charge in [0.1, 0.15) is 0 Å². The van der Waals surface area contributed by atoms with E-state index in [0.29, 0.717) is 0 Å². The number of rotatable bonds is 8. The summed E-state index contributed by atoms with van der Waals surface area (Å²) in [6, 6.07) is 0. The molecule has 0 saturated carbocycles. The highest BCUT2D eigenvalue weighted by Gasteiger charge is 2.06. The Hall–Kier alpha value is -0.120. The minimum absolute atomic E-state index is 0.234. The van der Waals surface area contributed by atoms with E-state index in [1.54, 1.807) is 7.11 Å². The van der Waals surface area contributed by atoms with E-state index in [2.05, 4.69) is 31.4 Å². The van der Waals surface area contributed by atoms with Crippen molar-refractivity contribution < 1.29 is 4.74 Å². The summed E-state index contributed by atoms with van der Waals surface area (Å²) in [5.74, 6) is 0. The third-order valence-corrected chi connectivity index (χ3v) is 1.91. The van der Waals surface area contributed by atoms with Gasteiger partial charge in [0.05, 0.1) is 0 Å². The summed E-state index contributed by atoms with van der Waals surface area (Å²) in [6.45, 7) is 10.6. The van der Waals surface area contributed by atoms with E-state index in [1.807, 2.05) is 0 Å². The van der Waals surface area contributed by atoms with Gasteiger partial charge < -0.3 is 15.4 Å². The van der Waals surface area contributed by atoms with Crippen LogP contribution < -0.4 is 10.6 Å². The summed E-state index contributed by atoms with van der Waals surface area (Å²) in [6.07, 6.45) is 2.35. The normalized spacial score (nSPS) is 12.0. The van der Waals surface area contributed by atoms with Gasteiger partial charge in [-0.2, -0.15) is 0 Å². The molecule has 3 heteroatoms. The number of hydrogen-bond donors (Lipinski definition) is 2. The van der Waals surface area contributed by atoms with E-state index in [-0.39, 0.29) is 5.54 Å². The molecule has 0 spiro atoms. The molecule has 0 heterocycles. The summed E-state index contributed by atoms with van der Waals surface area (Å²) in [4.78, 5) is 0. The maximum Gasteiger partial charge on any atom is 0.0462 e. The molecule has 3 nitrogen and oxygen atoms in total. The fraction of sp³-hybridized carbons (Fsp3) is 1.00. The maximum absolute atomic E-state index is 4.97. The van der Waals surface area contributed by atoms with Crippen LogP contribution in [0.15, 0.2) is 0 Å². The Balaban J connectivity index is 2.99. The van der Waals surface area contributed by atoms with Crippen LogP contribution in [0.5, 0.6) is 0 Å². The summed E-state index contributed by atoms with van der Waals surface area (Å²) in [5, 5.41) is 6.84. The van der Waals surface area contributed by atoms with Crippen LogP contribution in [0, 0.1) is 0 Å². The summed E-state index contributed by atoms with van der Waals surface area (Å²) < 4.78 is 4.97. The lowest BCUT2D eigenvalue weighted by molar-refractivity contribution is 0.192. The largest absolute Gasteiger partial charge is 0.385 e. The Bertz CT molecular complexity index is 121. The summed E-state index contributed by atoms with van der Waals surface area (Å²) >= 11 is 0. The molecule has 0 aromatic rings. The maximum atomic E-state index is 4.97. The highest BCUT2D eigenvalue weighted by atomic mass is 16.5. The van der Waals surface area contributed by atoms with E-state index < -0.39 is 0 Å². The molecule has 0 bridgehead atoms. The average Bonchev–Trinajstić information content (AvgIpc) is 2.08. The highest BCUT2D eigenvalue weighted by Crippen LogP contribution is 1.96. The minimum atomic E-state index is 0.234. The van der Waals surface area contributed by atoms with Crippen LogP contribution in [-0.4, -0.2) is 38.9 Å². The van der Waals surface area contributed by atoms with Crippen LogP contribution in [0.1, 0.15) is 33.6 Å². The summed E-state index contributed by atoms with van der Waals surface area (Å²) in [5.41, 5.74) is 0.234. The van der Waals surface area contributed by atoms with Crippen LogP contribution in [0.2, 0.25) is 0 Å². The zero-order valence-corrected chi connectivity index (χ0v) is 10.2. The van der Waals surface area contributed by atoms with Gasteiger partial charge >= 0.3 is 0 Å². The first-order valence-electron chi connectivity index (χ1n) is 5.51. The third-order valence-electron chi connectivity index (χ3n) is 1.91. The molecule has 0 saturated heterocycles. The number of ether oxygens (including phenoxy) is 1. The van der Waals surface area contributed by atoms with Gasteiger partial charge in [0.2, 0.25) is 0 Å². The lowest BCUT2D eigenvalue weighted by Crippen LogP contribution is -2.40. The van der Waals surface area contributed by atoms with Gasteiger partial charge in [-0.3, -0.25) is 0 Å². The topological polar surface area (TPSA) is 33.3 Å². The summed E-state index contributed by atoms with van der Waals surface area (Å²) in [7, 11) is 1.75. The van der Waals surface area contributed by atoms with E-state index in [9.17, 15) is 0 Å². The molecule has 86 valence electrons. The second kappa shape index (κ2) is 8.21. The lowest BCUT2D eigenvalue weighted by atomic mass is 10.1. The molecule has 0 unspecified atom stereocenters. The number of hydrogen-bond acceptors (Lipinski definition) is 3. The second-order valence-corrected chi connectivity index (χ2v) is 4.63. The standard InChI is InChI=1S/C11H26N2O/c1-11(2,3)13-9-8-12-7-5-6-10-14-4/h12-13H,5-10H2,1-4H3. The SMILES string of the molecule is COCCCCNCCNC(C)(C)C. The lowest BCUT2D eigenvalue weighted by Gasteiger charge is -2.20. The number of nitrogens with one attached hydrogen (secondary N) is 2. The van der Waals surface area contributed by atoms with Crippen molar-refractivity contribution in [1.82, 2.24) is 10.6 Å². The van der Waals surface area contributed by atoms with Crippen LogP contribution >= 0.6 is 0 Å². The molecular weight excluding hydrogens is 176 g/mol. The second-order valence-electron chi connectivity index (χ2n) is 4.63. The monoisotopic (exact) mass is 202 g/mol. The molecule has 2 N–H and O–H groups in total. The molecular formula is C11H26N2O. The van der Waals surface area contributed by atoms with E-state index >= 15 is 0 Å². The Labute approximate surface area is 88.6 Å². The van der Waals surface area contributed by atoms with Crippen molar-refractivity contribution in [3.8, 4) is 0 Å². The Morgan fingerprint density at radius 3 is 2.29 bits per heavy atom. The predicted molar refractivity (Wildman–Crippen MR) is 61.7 cm³/mol. The molecule has 0 aromatic carbocycles. The molecule has 0 aromatic heterocycles. The zero-order chi connectivity index (χ0) is 10.9. The molecule has 0 fully saturated rings. The number of unbranched alkanes of at least 4 members (excludes halogenated alkanes) is 1. The van der Waals surface area contributed by atoms with Crippen molar-refractivity contribution in [3.05, 3.63) is 0 Å². The predicted octanol–water partition coefficient (Wildman–Crippen LogP) is 1.39. The van der Waals surface area contributed by atoms with Gasteiger partial charge in [0, 0.05) is 32.3 Å². The quantitative estimate of drug-likeness (QED) is 0.584. The minimum Gasteiger partial charge on any atom is -0.385 e. The number of methoxy groups -OCH3 is 1. The van der Waals surface area contributed by atoms with Crippen LogP contribution in [0.3, 0.4) is 0 Å². The molecule has 0 aliphatic rings. The first-order chi connectivity index (χ1) is 6.56. The van der Waals surface area contributed by atoms with E-state index in [4.69, 9.17) is 4.74 Å². The van der Waals surface area contributed by atoms with Crippen molar-refractivity contribution in [3.63, 3.8) is 0 Å². The Kier molecular flexibility index (Phi) is 8.14. The third kappa shape index (κ3) is 11.9. The Morgan fingerprint density at radius 1 is 1.00 bits per heavy atom. The fourth-order valence-corrected chi connectivity index (χ4v) is 1.15. The van der Waals surface area contributed by atoms with Crippen molar-refractivity contribution in [2.45, 2.75) is 39.2 Å². The molecule has 14 heavy (non-hydrogen) atoms. The van der Waals surface area contributed by atoms with Crippen molar-refractivity contribution in [2.75, 3.05) is 33.4 Å². The average molecular weight is 202 g/mol. The first-order valence-corrected chi connectivity index (χ1v) is 5.51. The van der Waals surface area contributed by atoms with Gasteiger partial charge in [-0.05, 0) is 40.2 Å². The zero-order valence-electron chi connectivity index (χ0n) is 10.2. The Morgan fingerprint density at radius 2 is 1.71 bits per heavy atom. The molecule has 0 radical (unpaired) electrons. The van der Waals surface area contributed by atoms with Crippen LogP contribution in [0.25, 0.3) is 0 Å². The molecule has 0 amide bonds. The van der Waals surface area contributed by atoms with Crippen molar-refractivity contribution in [1.29, 1.82) is 0 Å². The van der Waals surface area contributed by atoms with Gasteiger partial charge in [0.25, 0.3) is 0 Å². The fourth-order valence-electron chi connectivity index (χ4n) is 1.15. The first kappa shape index (κ1) is 13.9. The molecule has 0 rings (SSSR count). The van der Waals surface area contributed by atoms with E-state index in [0.717, 1.165) is 32.7 Å². The molecule has 0 aliphatic heterocycles. The molecule has 0 aliphatic carbocycles. The van der Waals surface area contributed by atoms with Crippen LogP contribution in [0.4, 0.5) is 0 Å². The van der Waals surface area contributed by atoms with Gasteiger partial charge in [-0.1, -0.05) is 0 Å². The van der Waals surface area contributed by atoms with Crippen LogP contribution in [-0.2, 0) is 4.74 Å². The van der Waals surface area contributed by atoms with Gasteiger partial charge in [0.15, 0.2) is 0 Å². The van der Waals surface area contributed by atoms with E-state index in [1.165, 1.54) is 6.42 Å².